The largest absolute Gasteiger partial charge is 0.392 e. The lowest BCUT2D eigenvalue weighted by atomic mass is 10.2. The van der Waals surface area contributed by atoms with Crippen molar-refractivity contribution in [2.24, 2.45) is 0 Å². The van der Waals surface area contributed by atoms with Gasteiger partial charge in [-0.2, -0.15) is 0 Å². The van der Waals surface area contributed by atoms with E-state index >= 15 is 0 Å². The van der Waals surface area contributed by atoms with Gasteiger partial charge in [-0.3, -0.25) is 0 Å². The lowest BCUT2D eigenvalue weighted by Crippen LogP contribution is -2.28. The van der Waals surface area contributed by atoms with Crippen molar-refractivity contribution in [2.45, 2.75) is 11.5 Å². The van der Waals surface area contributed by atoms with Gasteiger partial charge in [0.2, 0.25) is 10.0 Å². The Bertz CT molecular complexity index is 521. The Morgan fingerprint density at radius 2 is 2.05 bits per heavy atom. The Balaban J connectivity index is 2.62. The van der Waals surface area contributed by atoms with Gasteiger partial charge >= 0.3 is 0 Å². The van der Waals surface area contributed by atoms with Gasteiger partial charge in [0.25, 0.3) is 0 Å². The smallest absolute Gasteiger partial charge is 0.241 e. The van der Waals surface area contributed by atoms with Crippen molar-refractivity contribution in [3.63, 3.8) is 0 Å². The third-order valence-corrected chi connectivity index (χ3v) is 4.00. The maximum atomic E-state index is 13.1. The van der Waals surface area contributed by atoms with E-state index < -0.39 is 22.4 Å². The average molecular weight is 307 g/mol. The van der Waals surface area contributed by atoms with Crippen molar-refractivity contribution < 1.29 is 27.4 Å². The summed E-state index contributed by atoms with van der Waals surface area (Å²) in [5, 5.41) is 9.09. The zero-order valence-corrected chi connectivity index (χ0v) is 12.0. The summed E-state index contributed by atoms with van der Waals surface area (Å²) in [4.78, 5) is -0.267. The number of hydrogen-bond acceptors (Lipinski definition) is 5. The van der Waals surface area contributed by atoms with Gasteiger partial charge in [-0.05, 0) is 17.7 Å². The Labute approximate surface area is 117 Å². The van der Waals surface area contributed by atoms with Crippen molar-refractivity contribution >= 4 is 10.0 Å². The first-order chi connectivity index (χ1) is 9.51. The van der Waals surface area contributed by atoms with Crippen LogP contribution >= 0.6 is 0 Å². The Morgan fingerprint density at radius 1 is 1.30 bits per heavy atom. The molecular weight excluding hydrogens is 289 g/mol. The summed E-state index contributed by atoms with van der Waals surface area (Å²) in [5.41, 5.74) is 0.138. The second-order valence-corrected chi connectivity index (χ2v) is 5.65. The van der Waals surface area contributed by atoms with Crippen molar-refractivity contribution in [3.05, 3.63) is 29.6 Å². The fourth-order valence-corrected chi connectivity index (χ4v) is 2.73. The minimum atomic E-state index is -3.88. The van der Waals surface area contributed by atoms with Crippen LogP contribution in [0.15, 0.2) is 23.1 Å². The molecule has 6 nitrogen and oxygen atoms in total. The molecule has 2 N–H and O–H groups in total. The fraction of sp³-hybridized carbons (Fsp3) is 0.500. The summed E-state index contributed by atoms with van der Waals surface area (Å²) in [5.74, 6) is -0.682. The quantitative estimate of drug-likeness (QED) is 0.639. The van der Waals surface area contributed by atoms with E-state index in [2.05, 4.69) is 4.72 Å². The van der Waals surface area contributed by atoms with E-state index in [9.17, 15) is 12.8 Å². The van der Waals surface area contributed by atoms with Gasteiger partial charge in [0.05, 0.1) is 31.3 Å². The van der Waals surface area contributed by atoms with Crippen LogP contribution in [0.5, 0.6) is 0 Å². The van der Waals surface area contributed by atoms with Crippen LogP contribution < -0.4 is 4.72 Å². The van der Waals surface area contributed by atoms with Gasteiger partial charge in [0.1, 0.15) is 5.82 Å². The molecule has 0 amide bonds. The van der Waals surface area contributed by atoms with Crippen LogP contribution in [-0.2, 0) is 26.1 Å². The van der Waals surface area contributed by atoms with E-state index in [1.165, 1.54) is 13.2 Å². The summed E-state index contributed by atoms with van der Waals surface area (Å²) in [7, 11) is -2.35. The summed E-state index contributed by atoms with van der Waals surface area (Å²) in [6.07, 6.45) is 0. The van der Waals surface area contributed by atoms with Crippen LogP contribution in [0.4, 0.5) is 4.39 Å². The molecule has 0 heterocycles. The Kier molecular flexibility index (Phi) is 7.03. The lowest BCUT2D eigenvalue weighted by Gasteiger charge is -2.10. The molecule has 1 aromatic carbocycles. The molecular formula is C12H18FNO5S. The molecule has 1 rings (SSSR count). The van der Waals surface area contributed by atoms with Crippen LogP contribution in [0.25, 0.3) is 0 Å². The average Bonchev–Trinajstić information content (AvgIpc) is 2.42. The van der Waals surface area contributed by atoms with Gasteiger partial charge in [0.15, 0.2) is 0 Å². The first kappa shape index (κ1) is 17.0. The fourth-order valence-electron chi connectivity index (χ4n) is 1.48. The number of nitrogens with one attached hydrogen (secondary N) is 1. The minimum absolute atomic E-state index is 0.0490. The predicted octanol–water partition coefficient (Wildman–Crippen LogP) is 0.259. The van der Waals surface area contributed by atoms with E-state index in [0.29, 0.717) is 13.2 Å². The SMILES string of the molecule is COCCOCCNS(=O)(=O)c1cc(F)ccc1CO. The molecule has 0 saturated heterocycles. The van der Waals surface area contributed by atoms with Gasteiger partial charge in [-0.1, -0.05) is 6.07 Å². The summed E-state index contributed by atoms with van der Waals surface area (Å²) >= 11 is 0. The minimum Gasteiger partial charge on any atom is -0.392 e. The second kappa shape index (κ2) is 8.28. The second-order valence-electron chi connectivity index (χ2n) is 3.91. The zero-order chi connectivity index (χ0) is 15.0. The van der Waals surface area contributed by atoms with Crippen LogP contribution in [-0.4, -0.2) is 47.0 Å². The number of aliphatic hydroxyl groups excluding tert-OH is 1. The maximum Gasteiger partial charge on any atom is 0.241 e. The molecule has 0 fully saturated rings. The van der Waals surface area contributed by atoms with Crippen LogP contribution in [0.2, 0.25) is 0 Å². The highest BCUT2D eigenvalue weighted by atomic mass is 32.2. The molecule has 0 spiro atoms. The van der Waals surface area contributed by atoms with Crippen molar-refractivity contribution in [2.75, 3.05) is 33.5 Å². The molecule has 0 bridgehead atoms. The number of sulfonamides is 1. The molecule has 0 atom stereocenters. The highest BCUT2D eigenvalue weighted by Crippen LogP contribution is 2.17. The molecule has 1 aromatic rings. The standard InChI is InChI=1S/C12H18FNO5S/c1-18-6-7-19-5-4-14-20(16,17)12-8-11(13)3-2-10(12)9-15/h2-3,8,14-15H,4-7,9H2,1H3. The number of ether oxygens (including phenoxy) is 2. The number of rotatable bonds is 9. The van der Waals surface area contributed by atoms with Gasteiger partial charge in [-0.15, -0.1) is 0 Å². The first-order valence-electron chi connectivity index (χ1n) is 5.97. The molecule has 0 aliphatic rings. The molecule has 0 aliphatic carbocycles. The zero-order valence-electron chi connectivity index (χ0n) is 11.1. The molecule has 0 saturated carbocycles. The van der Waals surface area contributed by atoms with Gasteiger partial charge < -0.3 is 14.6 Å². The van der Waals surface area contributed by atoms with E-state index in [0.717, 1.165) is 12.1 Å². The van der Waals surface area contributed by atoms with Crippen molar-refractivity contribution in [1.82, 2.24) is 4.72 Å². The highest BCUT2D eigenvalue weighted by Gasteiger charge is 2.18. The monoisotopic (exact) mass is 307 g/mol. The summed E-state index contributed by atoms with van der Waals surface area (Å²) < 4.78 is 49.3. The van der Waals surface area contributed by atoms with E-state index in [1.54, 1.807) is 0 Å². The number of aliphatic hydroxyl groups is 1. The molecule has 0 aromatic heterocycles. The highest BCUT2D eigenvalue weighted by molar-refractivity contribution is 7.89. The molecule has 114 valence electrons. The maximum absolute atomic E-state index is 13.1. The van der Waals surface area contributed by atoms with Gasteiger partial charge in [-0.25, -0.2) is 17.5 Å². The molecule has 8 heteroatoms. The molecule has 20 heavy (non-hydrogen) atoms. The number of benzene rings is 1. The Hall–Kier alpha value is -1.06. The normalized spacial score (nSPS) is 11.8. The Morgan fingerprint density at radius 3 is 2.70 bits per heavy atom. The first-order valence-corrected chi connectivity index (χ1v) is 7.45. The van der Waals surface area contributed by atoms with Crippen LogP contribution in [0, 0.1) is 5.82 Å². The van der Waals surface area contributed by atoms with Crippen LogP contribution in [0.3, 0.4) is 0 Å². The van der Waals surface area contributed by atoms with E-state index in [4.69, 9.17) is 14.6 Å². The lowest BCUT2D eigenvalue weighted by molar-refractivity contribution is 0.0736. The third-order valence-electron chi connectivity index (χ3n) is 2.46. The third kappa shape index (κ3) is 5.14. The molecule has 0 aliphatic heterocycles. The van der Waals surface area contributed by atoms with Crippen molar-refractivity contribution in [3.8, 4) is 0 Å². The number of methoxy groups -OCH3 is 1. The summed E-state index contributed by atoms with van der Waals surface area (Å²) in [6.45, 7) is 0.520. The predicted molar refractivity (Wildman–Crippen MR) is 70.2 cm³/mol. The summed E-state index contributed by atoms with van der Waals surface area (Å²) in [6, 6.07) is 3.21. The molecule has 0 radical (unpaired) electrons. The number of hydrogen-bond donors (Lipinski definition) is 2. The van der Waals surface area contributed by atoms with Crippen LogP contribution in [0.1, 0.15) is 5.56 Å². The van der Waals surface area contributed by atoms with E-state index in [-0.39, 0.29) is 23.6 Å². The van der Waals surface area contributed by atoms with Crippen molar-refractivity contribution in [1.29, 1.82) is 0 Å². The molecule has 0 unspecified atom stereocenters. The van der Waals surface area contributed by atoms with Gasteiger partial charge in [0, 0.05) is 13.7 Å². The topological polar surface area (TPSA) is 84.9 Å². The van der Waals surface area contributed by atoms with E-state index in [1.807, 2.05) is 0 Å². The number of halogens is 1.